The topological polar surface area (TPSA) is 35.2 Å². The van der Waals surface area contributed by atoms with E-state index in [1.54, 1.807) is 0 Å². The van der Waals surface area contributed by atoms with Crippen molar-refractivity contribution < 1.29 is 4.74 Å². The molecule has 0 aromatic heterocycles. The lowest BCUT2D eigenvalue weighted by atomic mass is 9.92. The Labute approximate surface area is 103 Å². The van der Waals surface area contributed by atoms with Gasteiger partial charge in [0.2, 0.25) is 0 Å². The predicted molar refractivity (Wildman–Crippen MR) is 68.8 cm³/mol. The van der Waals surface area contributed by atoms with Crippen molar-refractivity contribution in [3.63, 3.8) is 0 Å². The summed E-state index contributed by atoms with van der Waals surface area (Å²) >= 11 is 6.09. The molecule has 1 unspecified atom stereocenters. The molecule has 16 heavy (non-hydrogen) atoms. The van der Waals surface area contributed by atoms with E-state index in [1.807, 2.05) is 45.9 Å². The molecule has 2 nitrogen and oxygen atoms in total. The number of hydrogen-bond donors (Lipinski definition) is 1. The second-order valence-corrected chi connectivity index (χ2v) is 4.93. The largest absolute Gasteiger partial charge is 0.374 e. The molecule has 0 radical (unpaired) electrons. The second-order valence-electron chi connectivity index (χ2n) is 4.52. The number of nitrogens with two attached hydrogens (primary N) is 1. The van der Waals surface area contributed by atoms with Crippen molar-refractivity contribution in [1.82, 2.24) is 0 Å². The molecule has 2 N–H and O–H groups in total. The van der Waals surface area contributed by atoms with Gasteiger partial charge in [0.1, 0.15) is 0 Å². The summed E-state index contributed by atoms with van der Waals surface area (Å²) in [6.07, 6.45) is 0. The first-order chi connectivity index (χ1) is 7.38. The number of aryl methyl sites for hydroxylation is 1. The van der Waals surface area contributed by atoms with Crippen molar-refractivity contribution >= 4 is 11.6 Å². The summed E-state index contributed by atoms with van der Waals surface area (Å²) < 4.78 is 5.65. The van der Waals surface area contributed by atoms with Gasteiger partial charge in [-0.15, -0.1) is 0 Å². The monoisotopic (exact) mass is 241 g/mol. The van der Waals surface area contributed by atoms with E-state index < -0.39 is 0 Å². The summed E-state index contributed by atoms with van der Waals surface area (Å²) in [5, 5.41) is 0.750. The second kappa shape index (κ2) is 5.17. The number of ether oxygens (including phenoxy) is 1. The molecule has 0 aliphatic heterocycles. The van der Waals surface area contributed by atoms with Crippen LogP contribution in [0, 0.1) is 6.92 Å². The molecule has 0 saturated carbocycles. The first-order valence-electron chi connectivity index (χ1n) is 5.54. The minimum Gasteiger partial charge on any atom is -0.374 e. The zero-order valence-electron chi connectivity index (χ0n) is 10.4. The standard InChI is InChI=1S/C13H20ClNO/c1-5-16-13(3,4)12(15)10-7-6-9(2)11(14)8-10/h6-8,12H,5,15H2,1-4H3. The van der Waals surface area contributed by atoms with Crippen LogP contribution in [-0.4, -0.2) is 12.2 Å². The van der Waals surface area contributed by atoms with Gasteiger partial charge in [-0.3, -0.25) is 0 Å². The molecule has 0 fully saturated rings. The molecular formula is C13H20ClNO. The average molecular weight is 242 g/mol. The van der Waals surface area contributed by atoms with Crippen molar-refractivity contribution in [3.05, 3.63) is 34.3 Å². The third-order valence-corrected chi connectivity index (χ3v) is 3.23. The van der Waals surface area contributed by atoms with Crippen LogP contribution in [0.2, 0.25) is 5.02 Å². The highest BCUT2D eigenvalue weighted by Crippen LogP contribution is 2.29. The zero-order valence-corrected chi connectivity index (χ0v) is 11.1. The van der Waals surface area contributed by atoms with Gasteiger partial charge >= 0.3 is 0 Å². The molecule has 0 spiro atoms. The van der Waals surface area contributed by atoms with Crippen LogP contribution < -0.4 is 5.73 Å². The van der Waals surface area contributed by atoms with Gasteiger partial charge < -0.3 is 10.5 Å². The van der Waals surface area contributed by atoms with Crippen LogP contribution in [0.5, 0.6) is 0 Å². The van der Waals surface area contributed by atoms with Crippen LogP contribution in [0.1, 0.15) is 37.9 Å². The highest BCUT2D eigenvalue weighted by molar-refractivity contribution is 6.31. The third kappa shape index (κ3) is 2.97. The van der Waals surface area contributed by atoms with Crippen LogP contribution >= 0.6 is 11.6 Å². The molecule has 0 saturated heterocycles. The smallest absolute Gasteiger partial charge is 0.0818 e. The van der Waals surface area contributed by atoms with E-state index in [0.29, 0.717) is 6.61 Å². The Morgan fingerprint density at radius 2 is 2.06 bits per heavy atom. The minimum atomic E-state index is -0.382. The Morgan fingerprint density at radius 3 is 2.56 bits per heavy atom. The van der Waals surface area contributed by atoms with Gasteiger partial charge in [-0.2, -0.15) is 0 Å². The normalized spacial score (nSPS) is 13.9. The molecule has 3 heteroatoms. The van der Waals surface area contributed by atoms with E-state index >= 15 is 0 Å². The molecule has 1 aromatic rings. The fourth-order valence-electron chi connectivity index (χ4n) is 1.67. The Kier molecular flexibility index (Phi) is 4.36. The summed E-state index contributed by atoms with van der Waals surface area (Å²) in [5.41, 5.74) is 7.88. The maximum atomic E-state index is 6.19. The van der Waals surface area contributed by atoms with Gasteiger partial charge in [-0.25, -0.2) is 0 Å². The molecule has 0 amide bonds. The van der Waals surface area contributed by atoms with Crippen LogP contribution in [0.25, 0.3) is 0 Å². The van der Waals surface area contributed by atoms with Crippen LogP contribution in [0.4, 0.5) is 0 Å². The molecule has 1 rings (SSSR count). The Bertz CT molecular complexity index is 363. The SMILES string of the molecule is CCOC(C)(C)C(N)c1ccc(C)c(Cl)c1. The molecule has 0 aliphatic carbocycles. The lowest BCUT2D eigenvalue weighted by Crippen LogP contribution is -2.38. The predicted octanol–water partition coefficient (Wildman–Crippen LogP) is 3.46. The average Bonchev–Trinajstić information content (AvgIpc) is 2.21. The summed E-state index contributed by atoms with van der Waals surface area (Å²) in [6, 6.07) is 5.74. The fraction of sp³-hybridized carbons (Fsp3) is 0.538. The molecule has 0 heterocycles. The van der Waals surface area contributed by atoms with Gasteiger partial charge in [-0.05, 0) is 44.9 Å². The molecule has 90 valence electrons. The highest BCUT2D eigenvalue weighted by atomic mass is 35.5. The Morgan fingerprint density at radius 1 is 1.44 bits per heavy atom. The van der Waals surface area contributed by atoms with Crippen molar-refractivity contribution in [3.8, 4) is 0 Å². The minimum absolute atomic E-state index is 0.175. The van der Waals surface area contributed by atoms with E-state index in [-0.39, 0.29) is 11.6 Å². The lowest BCUT2D eigenvalue weighted by Gasteiger charge is -2.31. The molecule has 1 atom stereocenters. The Hall–Kier alpha value is -0.570. The number of benzene rings is 1. The van der Waals surface area contributed by atoms with Crippen molar-refractivity contribution in [2.45, 2.75) is 39.3 Å². The van der Waals surface area contributed by atoms with E-state index in [2.05, 4.69) is 0 Å². The van der Waals surface area contributed by atoms with Crippen molar-refractivity contribution in [2.75, 3.05) is 6.61 Å². The van der Waals surface area contributed by atoms with Gasteiger partial charge in [0.25, 0.3) is 0 Å². The van der Waals surface area contributed by atoms with Crippen molar-refractivity contribution in [1.29, 1.82) is 0 Å². The number of halogens is 1. The van der Waals surface area contributed by atoms with Crippen LogP contribution in [0.3, 0.4) is 0 Å². The van der Waals surface area contributed by atoms with E-state index in [4.69, 9.17) is 22.1 Å². The lowest BCUT2D eigenvalue weighted by molar-refractivity contribution is -0.0297. The highest BCUT2D eigenvalue weighted by Gasteiger charge is 2.28. The molecule has 0 aliphatic rings. The first-order valence-corrected chi connectivity index (χ1v) is 5.92. The summed E-state index contributed by atoms with van der Waals surface area (Å²) in [5.74, 6) is 0. The number of hydrogen-bond acceptors (Lipinski definition) is 2. The molecule has 0 bridgehead atoms. The maximum Gasteiger partial charge on any atom is 0.0818 e. The fourth-order valence-corrected chi connectivity index (χ4v) is 1.85. The Balaban J connectivity index is 2.95. The zero-order chi connectivity index (χ0) is 12.3. The van der Waals surface area contributed by atoms with E-state index in [0.717, 1.165) is 16.1 Å². The van der Waals surface area contributed by atoms with Crippen LogP contribution in [0.15, 0.2) is 18.2 Å². The van der Waals surface area contributed by atoms with Crippen LogP contribution in [-0.2, 0) is 4.74 Å². The summed E-state index contributed by atoms with van der Waals surface area (Å²) in [6.45, 7) is 8.59. The van der Waals surface area contributed by atoms with Gasteiger partial charge in [-0.1, -0.05) is 23.7 Å². The van der Waals surface area contributed by atoms with Gasteiger partial charge in [0.05, 0.1) is 11.6 Å². The van der Waals surface area contributed by atoms with Gasteiger partial charge in [0.15, 0.2) is 0 Å². The van der Waals surface area contributed by atoms with Crippen molar-refractivity contribution in [2.24, 2.45) is 5.73 Å². The summed E-state index contributed by atoms with van der Waals surface area (Å²) in [7, 11) is 0. The van der Waals surface area contributed by atoms with E-state index in [1.165, 1.54) is 0 Å². The molecule has 1 aromatic carbocycles. The first kappa shape index (κ1) is 13.5. The summed E-state index contributed by atoms with van der Waals surface area (Å²) in [4.78, 5) is 0. The number of rotatable bonds is 4. The van der Waals surface area contributed by atoms with Gasteiger partial charge in [0, 0.05) is 11.6 Å². The maximum absolute atomic E-state index is 6.19. The van der Waals surface area contributed by atoms with E-state index in [9.17, 15) is 0 Å². The third-order valence-electron chi connectivity index (χ3n) is 2.82. The quantitative estimate of drug-likeness (QED) is 0.876. The molecular weight excluding hydrogens is 222 g/mol.